The summed E-state index contributed by atoms with van der Waals surface area (Å²) in [7, 11) is 0. The van der Waals surface area contributed by atoms with Crippen molar-refractivity contribution in [2.45, 2.75) is 30.6 Å². The van der Waals surface area contributed by atoms with E-state index in [1.165, 1.54) is 0 Å². The van der Waals surface area contributed by atoms with Crippen LogP contribution in [0.3, 0.4) is 0 Å². The van der Waals surface area contributed by atoms with Gasteiger partial charge in [-0.1, -0.05) is 0 Å². The number of hydrogen-bond donors (Lipinski definition) is 2. The molecule has 1 heterocycles. The Kier molecular flexibility index (Phi) is 2.52. The third-order valence-electron chi connectivity index (χ3n) is 1.73. The van der Waals surface area contributed by atoms with Crippen LogP contribution >= 0.6 is 11.6 Å². The third-order valence-corrected chi connectivity index (χ3v) is 2.34. The molecule has 0 aromatic heterocycles. The first-order valence-electron chi connectivity index (χ1n) is 3.25. The quantitative estimate of drug-likeness (QED) is 0.528. The number of aliphatic hydroxyl groups excluding tert-OH is 2. The first kappa shape index (κ1) is 8.27. The van der Waals surface area contributed by atoms with Gasteiger partial charge in [0.1, 0.15) is 12.2 Å². The molecule has 0 spiro atoms. The molecule has 1 rings (SSSR count). The van der Waals surface area contributed by atoms with Crippen molar-refractivity contribution < 1.29 is 14.9 Å². The van der Waals surface area contributed by atoms with E-state index in [-0.39, 0.29) is 12.7 Å². The number of rotatable bonds is 1. The molecule has 0 aromatic rings. The Morgan fingerprint density at radius 2 is 2.20 bits per heavy atom. The summed E-state index contributed by atoms with van der Waals surface area (Å²) in [5, 5.41) is 17.4. The van der Waals surface area contributed by atoms with E-state index in [1.807, 2.05) is 0 Å². The molecule has 0 unspecified atom stereocenters. The van der Waals surface area contributed by atoms with Crippen molar-refractivity contribution in [3.63, 3.8) is 0 Å². The second-order valence-corrected chi connectivity index (χ2v) is 3.00. The van der Waals surface area contributed by atoms with Crippen LogP contribution in [0, 0.1) is 0 Å². The summed E-state index contributed by atoms with van der Waals surface area (Å²) in [5.41, 5.74) is 0. The molecule has 4 heteroatoms. The maximum atomic E-state index is 9.21. The van der Waals surface area contributed by atoms with Gasteiger partial charge >= 0.3 is 0 Å². The highest BCUT2D eigenvalue weighted by Crippen LogP contribution is 2.24. The van der Waals surface area contributed by atoms with Crippen molar-refractivity contribution in [3.8, 4) is 0 Å². The van der Waals surface area contributed by atoms with Crippen LogP contribution in [0.1, 0.15) is 6.92 Å². The Hall–Kier alpha value is 0.170. The summed E-state index contributed by atoms with van der Waals surface area (Å²) in [6.45, 7) is 1.60. The zero-order valence-corrected chi connectivity index (χ0v) is 6.45. The van der Waals surface area contributed by atoms with Crippen LogP contribution in [0.5, 0.6) is 0 Å². The average molecular weight is 167 g/mol. The Balaban J connectivity index is 2.53. The number of aliphatic hydroxyl groups is 2. The maximum Gasteiger partial charge on any atom is 0.108 e. The minimum absolute atomic E-state index is 0.172. The third kappa shape index (κ3) is 1.27. The molecule has 60 valence electrons. The molecule has 4 atom stereocenters. The number of halogens is 1. The van der Waals surface area contributed by atoms with Crippen LogP contribution in [0.2, 0.25) is 0 Å². The van der Waals surface area contributed by atoms with E-state index in [4.69, 9.17) is 21.4 Å². The molecule has 0 aromatic carbocycles. The zero-order chi connectivity index (χ0) is 7.72. The molecule has 0 aliphatic carbocycles. The highest BCUT2D eigenvalue weighted by Gasteiger charge is 2.39. The van der Waals surface area contributed by atoms with Crippen LogP contribution < -0.4 is 0 Å². The molecule has 0 saturated carbocycles. The molecular formula is C6H11ClO3. The monoisotopic (exact) mass is 166 g/mol. The molecule has 1 fully saturated rings. The van der Waals surface area contributed by atoms with Crippen molar-refractivity contribution >= 4 is 11.6 Å². The van der Waals surface area contributed by atoms with Gasteiger partial charge in [0.2, 0.25) is 0 Å². The fourth-order valence-corrected chi connectivity index (χ4v) is 1.29. The van der Waals surface area contributed by atoms with Crippen LogP contribution in [0.15, 0.2) is 0 Å². The van der Waals surface area contributed by atoms with Crippen molar-refractivity contribution in [2.75, 3.05) is 6.61 Å². The van der Waals surface area contributed by atoms with E-state index in [1.54, 1.807) is 6.92 Å². The number of hydrogen-bond acceptors (Lipinski definition) is 3. The Morgan fingerprint density at radius 3 is 2.40 bits per heavy atom. The molecule has 1 aliphatic heterocycles. The Bertz CT molecular complexity index is 120. The van der Waals surface area contributed by atoms with Gasteiger partial charge in [-0.3, -0.25) is 0 Å². The first-order chi connectivity index (χ1) is 4.66. The van der Waals surface area contributed by atoms with Gasteiger partial charge in [0.15, 0.2) is 0 Å². The minimum atomic E-state index is -0.735. The highest BCUT2D eigenvalue weighted by molar-refractivity contribution is 6.21. The van der Waals surface area contributed by atoms with Crippen LogP contribution in [-0.2, 0) is 4.74 Å². The fraction of sp³-hybridized carbons (Fsp3) is 1.00. The van der Waals surface area contributed by atoms with Gasteiger partial charge in [-0.25, -0.2) is 0 Å². The van der Waals surface area contributed by atoms with Gasteiger partial charge < -0.3 is 14.9 Å². The Labute approximate surface area is 64.6 Å². The summed E-state index contributed by atoms with van der Waals surface area (Å²) >= 11 is 5.70. The largest absolute Gasteiger partial charge is 0.394 e. The summed E-state index contributed by atoms with van der Waals surface area (Å²) in [5.74, 6) is 0. The molecule has 3 nitrogen and oxygen atoms in total. The van der Waals surface area contributed by atoms with Gasteiger partial charge in [0.05, 0.1) is 18.1 Å². The fourth-order valence-electron chi connectivity index (χ4n) is 1.07. The molecule has 10 heavy (non-hydrogen) atoms. The lowest BCUT2D eigenvalue weighted by atomic mass is 10.1. The van der Waals surface area contributed by atoms with Gasteiger partial charge in [-0.2, -0.15) is 0 Å². The predicted octanol–water partition coefficient (Wildman–Crippen LogP) is -0.266. The van der Waals surface area contributed by atoms with Crippen LogP contribution in [-0.4, -0.2) is 40.5 Å². The Morgan fingerprint density at radius 1 is 1.60 bits per heavy atom. The van der Waals surface area contributed by atoms with E-state index in [2.05, 4.69) is 0 Å². The zero-order valence-electron chi connectivity index (χ0n) is 5.70. The van der Waals surface area contributed by atoms with Crippen molar-refractivity contribution in [3.05, 3.63) is 0 Å². The van der Waals surface area contributed by atoms with E-state index in [0.29, 0.717) is 0 Å². The minimum Gasteiger partial charge on any atom is -0.394 e. The lowest BCUT2D eigenvalue weighted by Crippen LogP contribution is -2.29. The lowest BCUT2D eigenvalue weighted by Gasteiger charge is -2.09. The lowest BCUT2D eigenvalue weighted by molar-refractivity contribution is -0.0170. The van der Waals surface area contributed by atoms with Crippen molar-refractivity contribution in [2.24, 2.45) is 0 Å². The van der Waals surface area contributed by atoms with Gasteiger partial charge in [0.25, 0.3) is 0 Å². The number of ether oxygens (including phenoxy) is 1. The molecular weight excluding hydrogens is 156 g/mol. The second-order valence-electron chi connectivity index (χ2n) is 2.50. The summed E-state index contributed by atoms with van der Waals surface area (Å²) in [6, 6.07) is 0. The molecule has 0 radical (unpaired) electrons. The van der Waals surface area contributed by atoms with Gasteiger partial charge in [0, 0.05) is 0 Å². The average Bonchev–Trinajstić information content (AvgIpc) is 2.17. The van der Waals surface area contributed by atoms with Crippen molar-refractivity contribution in [1.29, 1.82) is 0 Å². The summed E-state index contributed by atoms with van der Waals surface area (Å²) in [4.78, 5) is 0. The smallest absolute Gasteiger partial charge is 0.108 e. The SMILES string of the molecule is C[C@@H]1O[C@H](CO)[C@@H](O)[C@H]1Cl. The van der Waals surface area contributed by atoms with Crippen LogP contribution in [0.4, 0.5) is 0 Å². The second kappa shape index (κ2) is 3.05. The standard InChI is InChI=1S/C6H11ClO3/c1-3-5(7)6(9)4(2-8)10-3/h3-6,8-9H,2H2,1H3/t3-,4+,5-,6+/m0/s1. The van der Waals surface area contributed by atoms with Crippen molar-refractivity contribution in [1.82, 2.24) is 0 Å². The first-order valence-corrected chi connectivity index (χ1v) is 3.69. The predicted molar refractivity (Wildman–Crippen MR) is 37.1 cm³/mol. The van der Waals surface area contributed by atoms with E-state index in [0.717, 1.165) is 0 Å². The van der Waals surface area contributed by atoms with E-state index >= 15 is 0 Å². The van der Waals surface area contributed by atoms with Gasteiger partial charge in [-0.15, -0.1) is 11.6 Å². The number of alkyl halides is 1. The van der Waals surface area contributed by atoms with E-state index < -0.39 is 17.6 Å². The molecule has 1 saturated heterocycles. The highest BCUT2D eigenvalue weighted by atomic mass is 35.5. The van der Waals surface area contributed by atoms with Gasteiger partial charge in [-0.05, 0) is 6.92 Å². The summed E-state index contributed by atoms with van der Waals surface area (Å²) < 4.78 is 5.10. The molecule has 2 N–H and O–H groups in total. The van der Waals surface area contributed by atoms with Crippen LogP contribution in [0.25, 0.3) is 0 Å². The summed E-state index contributed by atoms with van der Waals surface area (Å²) in [6.07, 6.45) is -1.41. The maximum absolute atomic E-state index is 9.21. The van der Waals surface area contributed by atoms with E-state index in [9.17, 15) is 5.11 Å². The molecule has 1 aliphatic rings. The molecule has 0 bridgehead atoms. The topological polar surface area (TPSA) is 49.7 Å². The molecule has 0 amide bonds. The normalized spacial score (nSPS) is 48.0.